The number of carbonyl (C=O) groups is 2. The number of rotatable bonds is 5. The zero-order valence-electron chi connectivity index (χ0n) is 17.7. The first kappa shape index (κ1) is 23.5. The fraction of sp³-hybridized carbons (Fsp3) is 0.136. The lowest BCUT2D eigenvalue weighted by Gasteiger charge is -2.36. The molecule has 1 heterocycles. The number of carbonyl (C=O) groups excluding carboxylic acids is 2. The SMILES string of the molecule is COC(=O)C1=C(C(=O)OC)N(c2ccc(F)c(B(O)O)c2)C(N)=C(C#N)C1c1ccccc1. The molecule has 3 rings (SSSR count). The number of allylic oxidation sites excluding steroid dienone is 1. The highest BCUT2D eigenvalue weighted by Crippen LogP contribution is 2.43. The standard InChI is InChI=1S/C22H19BFN3O6/c1-32-21(28)18-17(12-6-4-3-5-7-12)14(11-25)20(26)27(19(18)22(29)33-2)13-8-9-16(24)15(10-13)23(30)31/h3-10,17,30-31H,26H2,1-2H3. The van der Waals surface area contributed by atoms with E-state index >= 15 is 0 Å². The number of nitrogens with two attached hydrogens (primary N) is 1. The van der Waals surface area contributed by atoms with Crippen molar-refractivity contribution < 1.29 is 33.5 Å². The molecule has 2 aromatic rings. The largest absolute Gasteiger partial charge is 0.491 e. The predicted octanol–water partition coefficient (Wildman–Crippen LogP) is 0.403. The molecule has 0 bridgehead atoms. The topological polar surface area (TPSA) is 146 Å². The number of hydrogen-bond acceptors (Lipinski definition) is 9. The summed E-state index contributed by atoms with van der Waals surface area (Å²) in [6, 6.07) is 13.6. The van der Waals surface area contributed by atoms with Crippen LogP contribution in [0.25, 0.3) is 0 Å². The highest BCUT2D eigenvalue weighted by atomic mass is 19.1. The van der Waals surface area contributed by atoms with Crippen molar-refractivity contribution in [2.45, 2.75) is 5.92 Å². The van der Waals surface area contributed by atoms with Crippen LogP contribution >= 0.6 is 0 Å². The summed E-state index contributed by atoms with van der Waals surface area (Å²) in [4.78, 5) is 26.9. The van der Waals surface area contributed by atoms with Crippen LogP contribution in [0.1, 0.15) is 11.5 Å². The summed E-state index contributed by atoms with van der Waals surface area (Å²) in [5.74, 6) is -4.11. The van der Waals surface area contributed by atoms with Crippen molar-refractivity contribution >= 4 is 30.2 Å². The van der Waals surface area contributed by atoms with Gasteiger partial charge in [0.2, 0.25) is 0 Å². The highest BCUT2D eigenvalue weighted by molar-refractivity contribution is 6.58. The smallest absolute Gasteiger partial charge is 0.466 e. The Morgan fingerprint density at radius 1 is 1.12 bits per heavy atom. The number of halogens is 1. The Balaban J connectivity index is 2.42. The molecule has 1 atom stereocenters. The van der Waals surface area contributed by atoms with E-state index in [0.29, 0.717) is 5.56 Å². The molecule has 11 heteroatoms. The molecule has 0 radical (unpaired) electrons. The van der Waals surface area contributed by atoms with Crippen LogP contribution in [-0.2, 0) is 19.1 Å². The quantitative estimate of drug-likeness (QED) is 0.434. The van der Waals surface area contributed by atoms with Gasteiger partial charge in [0.1, 0.15) is 17.3 Å². The zero-order valence-corrected chi connectivity index (χ0v) is 17.7. The third kappa shape index (κ3) is 4.17. The zero-order chi connectivity index (χ0) is 24.3. The molecule has 0 spiro atoms. The van der Waals surface area contributed by atoms with Gasteiger partial charge in [0, 0.05) is 11.2 Å². The van der Waals surface area contributed by atoms with Gasteiger partial charge >= 0.3 is 19.1 Å². The van der Waals surface area contributed by atoms with E-state index in [-0.39, 0.29) is 28.4 Å². The fourth-order valence-corrected chi connectivity index (χ4v) is 3.65. The summed E-state index contributed by atoms with van der Waals surface area (Å²) in [7, 11) is 0.0356. The molecule has 33 heavy (non-hydrogen) atoms. The van der Waals surface area contributed by atoms with Gasteiger partial charge in [-0.1, -0.05) is 30.3 Å². The first-order valence-corrected chi connectivity index (χ1v) is 9.57. The number of nitriles is 1. The average Bonchev–Trinajstić information content (AvgIpc) is 2.83. The van der Waals surface area contributed by atoms with Gasteiger partial charge in [0.25, 0.3) is 0 Å². The highest BCUT2D eigenvalue weighted by Gasteiger charge is 2.43. The molecule has 9 nitrogen and oxygen atoms in total. The monoisotopic (exact) mass is 451 g/mol. The van der Waals surface area contributed by atoms with E-state index in [4.69, 9.17) is 15.2 Å². The number of methoxy groups -OCH3 is 2. The van der Waals surface area contributed by atoms with Crippen molar-refractivity contribution in [3.63, 3.8) is 0 Å². The van der Waals surface area contributed by atoms with Crippen LogP contribution in [0.4, 0.5) is 10.1 Å². The fourth-order valence-electron chi connectivity index (χ4n) is 3.65. The number of esters is 2. The Hall–Kier alpha value is -4.14. The average molecular weight is 451 g/mol. The summed E-state index contributed by atoms with van der Waals surface area (Å²) in [6.07, 6.45) is 0. The summed E-state index contributed by atoms with van der Waals surface area (Å²) in [5.41, 5.74) is 5.62. The van der Waals surface area contributed by atoms with Gasteiger partial charge in [-0.3, -0.25) is 4.90 Å². The van der Waals surface area contributed by atoms with E-state index in [9.17, 15) is 29.3 Å². The predicted molar refractivity (Wildman–Crippen MR) is 116 cm³/mol. The molecule has 1 aliphatic rings. The van der Waals surface area contributed by atoms with Gasteiger partial charge in [0.15, 0.2) is 0 Å². The molecule has 1 aliphatic heterocycles. The molecule has 4 N–H and O–H groups in total. The Bertz CT molecular complexity index is 1210. The number of anilines is 1. The normalized spacial score (nSPS) is 15.8. The van der Waals surface area contributed by atoms with Crippen LogP contribution in [0.5, 0.6) is 0 Å². The van der Waals surface area contributed by atoms with E-state index in [1.165, 1.54) is 6.07 Å². The molecule has 0 aromatic heterocycles. The second-order valence-electron chi connectivity index (χ2n) is 6.91. The number of nitrogens with zero attached hydrogens (tertiary/aromatic N) is 2. The molecule has 0 fully saturated rings. The second kappa shape index (κ2) is 9.56. The van der Waals surface area contributed by atoms with E-state index in [1.54, 1.807) is 30.3 Å². The van der Waals surface area contributed by atoms with Crippen LogP contribution in [0.3, 0.4) is 0 Å². The van der Waals surface area contributed by atoms with Crippen LogP contribution in [0.2, 0.25) is 0 Å². The van der Waals surface area contributed by atoms with Crippen molar-refractivity contribution in [1.29, 1.82) is 5.26 Å². The maximum Gasteiger partial charge on any atom is 0.491 e. The third-order valence-electron chi connectivity index (χ3n) is 5.13. The van der Waals surface area contributed by atoms with Crippen molar-refractivity contribution in [2.75, 3.05) is 19.1 Å². The third-order valence-corrected chi connectivity index (χ3v) is 5.13. The van der Waals surface area contributed by atoms with Crippen LogP contribution in [0, 0.1) is 17.1 Å². The van der Waals surface area contributed by atoms with Gasteiger partial charge in [-0.2, -0.15) is 5.26 Å². The maximum absolute atomic E-state index is 14.1. The summed E-state index contributed by atoms with van der Waals surface area (Å²) in [5, 5.41) is 29.0. The molecule has 1 unspecified atom stereocenters. The van der Waals surface area contributed by atoms with Gasteiger partial charge in [-0.05, 0) is 23.8 Å². The van der Waals surface area contributed by atoms with E-state index in [0.717, 1.165) is 31.3 Å². The van der Waals surface area contributed by atoms with Gasteiger partial charge < -0.3 is 25.3 Å². The van der Waals surface area contributed by atoms with Crippen LogP contribution in [0.15, 0.2) is 71.2 Å². The van der Waals surface area contributed by atoms with Crippen LogP contribution < -0.4 is 16.1 Å². The van der Waals surface area contributed by atoms with E-state index in [2.05, 4.69) is 0 Å². The number of benzene rings is 2. The minimum absolute atomic E-state index is 0.0157. The Morgan fingerprint density at radius 2 is 1.76 bits per heavy atom. The van der Waals surface area contributed by atoms with Crippen LogP contribution in [-0.4, -0.2) is 43.3 Å². The molecular formula is C22H19BFN3O6. The van der Waals surface area contributed by atoms with Gasteiger partial charge in [0.05, 0.1) is 37.4 Å². The summed E-state index contributed by atoms with van der Waals surface area (Å²) in [6.45, 7) is 0. The molecule has 0 aliphatic carbocycles. The lowest BCUT2D eigenvalue weighted by atomic mass is 9.78. The summed E-state index contributed by atoms with van der Waals surface area (Å²) < 4.78 is 23.9. The first-order valence-electron chi connectivity index (χ1n) is 9.57. The number of hydrogen-bond donors (Lipinski definition) is 3. The van der Waals surface area contributed by atoms with E-state index in [1.807, 2.05) is 6.07 Å². The Kier molecular flexibility index (Phi) is 6.82. The minimum Gasteiger partial charge on any atom is -0.466 e. The van der Waals surface area contributed by atoms with Gasteiger partial charge in [-0.15, -0.1) is 0 Å². The summed E-state index contributed by atoms with van der Waals surface area (Å²) >= 11 is 0. The maximum atomic E-state index is 14.1. The minimum atomic E-state index is -2.17. The number of ether oxygens (including phenoxy) is 2. The Morgan fingerprint density at radius 3 is 2.30 bits per heavy atom. The first-order chi connectivity index (χ1) is 15.8. The molecule has 0 saturated carbocycles. The molecule has 168 valence electrons. The van der Waals surface area contributed by atoms with Gasteiger partial charge in [-0.25, -0.2) is 14.0 Å². The second-order valence-corrected chi connectivity index (χ2v) is 6.91. The lowest BCUT2D eigenvalue weighted by molar-refractivity contribution is -0.139. The van der Waals surface area contributed by atoms with Crippen molar-refractivity contribution in [2.24, 2.45) is 5.73 Å². The van der Waals surface area contributed by atoms with Crippen molar-refractivity contribution in [3.05, 3.63) is 82.6 Å². The lowest BCUT2D eigenvalue weighted by Crippen LogP contribution is -2.41. The molecule has 0 saturated heterocycles. The molecule has 2 aromatic carbocycles. The van der Waals surface area contributed by atoms with Crippen molar-refractivity contribution in [3.8, 4) is 6.07 Å². The Labute approximate surface area is 188 Å². The molecular weight excluding hydrogens is 432 g/mol. The van der Waals surface area contributed by atoms with Crippen molar-refractivity contribution in [1.82, 2.24) is 0 Å². The van der Waals surface area contributed by atoms with E-state index < -0.39 is 36.3 Å². The molecule has 0 amide bonds.